The smallest absolute Gasteiger partial charge is 0.325 e. The maximum absolute atomic E-state index is 11.3. The number of carboxylic acids is 1. The lowest BCUT2D eigenvalue weighted by Crippen LogP contribution is -2.44. The van der Waals surface area contributed by atoms with Crippen LogP contribution in [0.5, 0.6) is 0 Å². The third-order valence-electron chi connectivity index (χ3n) is 2.12. The number of nitrogens with one attached hydrogen (secondary N) is 2. The first-order valence-corrected chi connectivity index (χ1v) is 5.80. The van der Waals surface area contributed by atoms with Crippen LogP contribution in [0, 0.1) is 0 Å². The SMILES string of the molecule is C[C@H](NC(=O)NCc1ccccc1Br)C(=O)O. The summed E-state index contributed by atoms with van der Waals surface area (Å²) < 4.78 is 0.895. The highest BCUT2D eigenvalue weighted by Gasteiger charge is 2.13. The average Bonchev–Trinajstić information content (AvgIpc) is 2.27. The predicted octanol–water partition coefficient (Wildman–Crippen LogP) is 1.72. The molecule has 1 rings (SSSR count). The Morgan fingerprint density at radius 3 is 2.65 bits per heavy atom. The van der Waals surface area contributed by atoms with Gasteiger partial charge in [0, 0.05) is 11.0 Å². The monoisotopic (exact) mass is 300 g/mol. The number of hydrogen-bond acceptors (Lipinski definition) is 2. The Labute approximate surface area is 107 Å². The van der Waals surface area contributed by atoms with Gasteiger partial charge in [0.1, 0.15) is 6.04 Å². The Kier molecular flexibility index (Phi) is 4.96. The van der Waals surface area contributed by atoms with Crippen LogP contribution in [0.3, 0.4) is 0 Å². The number of amides is 2. The van der Waals surface area contributed by atoms with Crippen LogP contribution in [0.15, 0.2) is 28.7 Å². The Hall–Kier alpha value is -1.56. The quantitative estimate of drug-likeness (QED) is 0.792. The molecule has 0 saturated heterocycles. The number of benzene rings is 1. The van der Waals surface area contributed by atoms with E-state index in [1.165, 1.54) is 6.92 Å². The van der Waals surface area contributed by atoms with E-state index in [4.69, 9.17) is 5.11 Å². The molecule has 2 amide bonds. The van der Waals surface area contributed by atoms with Crippen molar-refractivity contribution in [3.05, 3.63) is 34.3 Å². The second-order valence-electron chi connectivity index (χ2n) is 3.48. The molecular formula is C11H13BrN2O3. The van der Waals surface area contributed by atoms with Crippen LogP contribution in [-0.2, 0) is 11.3 Å². The average molecular weight is 301 g/mol. The topological polar surface area (TPSA) is 78.4 Å². The summed E-state index contributed by atoms with van der Waals surface area (Å²) in [6.07, 6.45) is 0. The van der Waals surface area contributed by atoms with Crippen LogP contribution in [0.2, 0.25) is 0 Å². The Bertz CT molecular complexity index is 423. The molecule has 0 radical (unpaired) electrons. The maximum Gasteiger partial charge on any atom is 0.325 e. The van der Waals surface area contributed by atoms with Crippen molar-refractivity contribution in [3.8, 4) is 0 Å². The second kappa shape index (κ2) is 6.24. The van der Waals surface area contributed by atoms with Crippen LogP contribution >= 0.6 is 15.9 Å². The standard InChI is InChI=1S/C11H13BrN2O3/c1-7(10(15)16)14-11(17)13-6-8-4-2-3-5-9(8)12/h2-5,7H,6H2,1H3,(H,15,16)(H2,13,14,17)/t7-/m0/s1. The molecule has 0 bridgehead atoms. The highest BCUT2D eigenvalue weighted by molar-refractivity contribution is 9.10. The molecule has 5 nitrogen and oxygen atoms in total. The Balaban J connectivity index is 2.44. The summed E-state index contributed by atoms with van der Waals surface area (Å²) in [4.78, 5) is 21.9. The summed E-state index contributed by atoms with van der Waals surface area (Å²) >= 11 is 3.35. The minimum atomic E-state index is -1.07. The van der Waals surface area contributed by atoms with Crippen molar-refractivity contribution in [1.29, 1.82) is 0 Å². The first-order chi connectivity index (χ1) is 8.00. The van der Waals surface area contributed by atoms with E-state index in [0.29, 0.717) is 6.54 Å². The third-order valence-corrected chi connectivity index (χ3v) is 2.89. The fraction of sp³-hybridized carbons (Fsp3) is 0.273. The number of urea groups is 1. The summed E-state index contributed by atoms with van der Waals surface area (Å²) in [6.45, 7) is 1.74. The van der Waals surface area contributed by atoms with E-state index in [2.05, 4.69) is 26.6 Å². The number of carbonyl (C=O) groups excluding carboxylic acids is 1. The first kappa shape index (κ1) is 13.5. The molecule has 0 fully saturated rings. The first-order valence-electron chi connectivity index (χ1n) is 5.01. The molecule has 6 heteroatoms. The van der Waals surface area contributed by atoms with Gasteiger partial charge < -0.3 is 15.7 Å². The van der Waals surface area contributed by atoms with Crippen LogP contribution < -0.4 is 10.6 Å². The molecule has 0 aromatic heterocycles. The van der Waals surface area contributed by atoms with Gasteiger partial charge in [-0.25, -0.2) is 4.79 Å². The normalized spacial score (nSPS) is 11.6. The fourth-order valence-corrected chi connectivity index (χ4v) is 1.55. The molecular weight excluding hydrogens is 288 g/mol. The second-order valence-corrected chi connectivity index (χ2v) is 4.33. The number of aliphatic carboxylic acids is 1. The van der Waals surface area contributed by atoms with E-state index in [-0.39, 0.29) is 0 Å². The maximum atomic E-state index is 11.3. The molecule has 92 valence electrons. The zero-order chi connectivity index (χ0) is 12.8. The lowest BCUT2D eigenvalue weighted by molar-refractivity contribution is -0.138. The molecule has 0 aliphatic carbocycles. The molecule has 17 heavy (non-hydrogen) atoms. The van der Waals surface area contributed by atoms with Gasteiger partial charge in [-0.05, 0) is 18.6 Å². The van der Waals surface area contributed by atoms with E-state index in [0.717, 1.165) is 10.0 Å². The third kappa shape index (κ3) is 4.44. The van der Waals surface area contributed by atoms with Crippen LogP contribution in [0.4, 0.5) is 4.79 Å². The van der Waals surface area contributed by atoms with Gasteiger partial charge in [0.15, 0.2) is 0 Å². The summed E-state index contributed by atoms with van der Waals surface area (Å²) in [6, 6.07) is 6.06. The Morgan fingerprint density at radius 2 is 2.06 bits per heavy atom. The van der Waals surface area contributed by atoms with Crippen molar-refractivity contribution in [2.45, 2.75) is 19.5 Å². The van der Waals surface area contributed by atoms with Crippen molar-refractivity contribution in [2.75, 3.05) is 0 Å². The summed E-state index contributed by atoms with van der Waals surface area (Å²) in [7, 11) is 0. The van der Waals surface area contributed by atoms with Gasteiger partial charge in [-0.2, -0.15) is 0 Å². The van der Waals surface area contributed by atoms with Gasteiger partial charge in [-0.15, -0.1) is 0 Å². The number of carbonyl (C=O) groups is 2. The lowest BCUT2D eigenvalue weighted by Gasteiger charge is -2.11. The van der Waals surface area contributed by atoms with Crippen molar-refractivity contribution < 1.29 is 14.7 Å². The highest BCUT2D eigenvalue weighted by Crippen LogP contribution is 2.15. The van der Waals surface area contributed by atoms with Crippen molar-refractivity contribution in [1.82, 2.24) is 10.6 Å². The fourth-order valence-electron chi connectivity index (χ4n) is 1.13. The number of rotatable bonds is 4. The van der Waals surface area contributed by atoms with Crippen LogP contribution in [-0.4, -0.2) is 23.1 Å². The predicted molar refractivity (Wildman–Crippen MR) is 66.6 cm³/mol. The van der Waals surface area contributed by atoms with E-state index < -0.39 is 18.0 Å². The molecule has 0 aliphatic rings. The van der Waals surface area contributed by atoms with E-state index >= 15 is 0 Å². The summed E-state index contributed by atoms with van der Waals surface area (Å²) in [5, 5.41) is 13.5. The zero-order valence-electron chi connectivity index (χ0n) is 9.24. The van der Waals surface area contributed by atoms with Crippen LogP contribution in [0.25, 0.3) is 0 Å². The minimum absolute atomic E-state index is 0.333. The largest absolute Gasteiger partial charge is 0.480 e. The number of halogens is 1. The van der Waals surface area contributed by atoms with E-state index in [1.54, 1.807) is 0 Å². The van der Waals surface area contributed by atoms with Gasteiger partial charge in [-0.3, -0.25) is 4.79 Å². The summed E-state index contributed by atoms with van der Waals surface area (Å²) in [5.41, 5.74) is 0.922. The molecule has 0 saturated carbocycles. The van der Waals surface area contributed by atoms with Crippen molar-refractivity contribution in [2.24, 2.45) is 0 Å². The highest BCUT2D eigenvalue weighted by atomic mass is 79.9. The zero-order valence-corrected chi connectivity index (χ0v) is 10.8. The molecule has 1 aromatic carbocycles. The molecule has 3 N–H and O–H groups in total. The molecule has 0 unspecified atom stereocenters. The lowest BCUT2D eigenvalue weighted by atomic mass is 10.2. The van der Waals surface area contributed by atoms with Gasteiger partial charge in [0.05, 0.1) is 0 Å². The van der Waals surface area contributed by atoms with E-state index in [9.17, 15) is 9.59 Å². The number of hydrogen-bond donors (Lipinski definition) is 3. The molecule has 0 spiro atoms. The molecule has 1 atom stereocenters. The van der Waals surface area contributed by atoms with E-state index in [1.807, 2.05) is 24.3 Å². The molecule has 0 aliphatic heterocycles. The van der Waals surface area contributed by atoms with Crippen molar-refractivity contribution in [3.63, 3.8) is 0 Å². The van der Waals surface area contributed by atoms with Crippen molar-refractivity contribution >= 4 is 27.9 Å². The van der Waals surface area contributed by atoms with Gasteiger partial charge >= 0.3 is 12.0 Å². The van der Waals surface area contributed by atoms with Gasteiger partial charge in [-0.1, -0.05) is 34.1 Å². The summed E-state index contributed by atoms with van der Waals surface area (Å²) in [5.74, 6) is -1.07. The van der Waals surface area contributed by atoms with Gasteiger partial charge in [0.25, 0.3) is 0 Å². The molecule has 0 heterocycles. The Morgan fingerprint density at radius 1 is 1.41 bits per heavy atom. The van der Waals surface area contributed by atoms with Crippen LogP contribution in [0.1, 0.15) is 12.5 Å². The number of carboxylic acid groups (broad SMARTS) is 1. The molecule has 1 aromatic rings. The minimum Gasteiger partial charge on any atom is -0.480 e. The van der Waals surface area contributed by atoms with Gasteiger partial charge in [0.2, 0.25) is 0 Å².